The summed E-state index contributed by atoms with van der Waals surface area (Å²) in [5, 5.41) is 0. The lowest BCUT2D eigenvalue weighted by atomic mass is 9.98. The van der Waals surface area contributed by atoms with Crippen LogP contribution in [0.1, 0.15) is 51.9 Å². The second-order valence-electron chi connectivity index (χ2n) is 4.32. The van der Waals surface area contributed by atoms with Crippen molar-refractivity contribution in [1.82, 2.24) is 4.90 Å². The van der Waals surface area contributed by atoms with E-state index < -0.39 is 0 Å². The van der Waals surface area contributed by atoms with Gasteiger partial charge in [0.05, 0.1) is 0 Å². The predicted octanol–water partition coefficient (Wildman–Crippen LogP) is 3.19. The highest BCUT2D eigenvalue weighted by Crippen LogP contribution is 2.21. The van der Waals surface area contributed by atoms with E-state index in [1.807, 2.05) is 0 Å². The van der Waals surface area contributed by atoms with Crippen LogP contribution in [-0.2, 0) is 4.79 Å². The molecule has 3 heteroatoms. The van der Waals surface area contributed by atoms with Crippen LogP contribution in [0.25, 0.3) is 0 Å². The molecule has 1 atom stereocenters. The Bertz CT molecular complexity index is 194. The summed E-state index contributed by atoms with van der Waals surface area (Å²) in [5.41, 5.74) is 0. The van der Waals surface area contributed by atoms with Crippen molar-refractivity contribution in [2.24, 2.45) is 0 Å². The molecule has 1 rings (SSSR count). The van der Waals surface area contributed by atoms with Crippen molar-refractivity contribution in [2.75, 3.05) is 12.4 Å². The highest BCUT2D eigenvalue weighted by atomic mass is 35.5. The fourth-order valence-corrected chi connectivity index (χ4v) is 2.46. The van der Waals surface area contributed by atoms with Gasteiger partial charge in [0.25, 0.3) is 0 Å². The highest BCUT2D eigenvalue weighted by molar-refractivity contribution is 6.17. The van der Waals surface area contributed by atoms with Crippen molar-refractivity contribution >= 4 is 17.5 Å². The summed E-state index contributed by atoms with van der Waals surface area (Å²) in [5.74, 6) is 0.909. The minimum absolute atomic E-state index is 0.314. The lowest BCUT2D eigenvalue weighted by molar-refractivity contribution is -0.135. The highest BCUT2D eigenvalue weighted by Gasteiger charge is 2.25. The summed E-state index contributed by atoms with van der Waals surface area (Å²) in [6.45, 7) is 3.15. The van der Waals surface area contributed by atoms with Gasteiger partial charge in [0.2, 0.25) is 5.91 Å². The molecule has 2 nitrogen and oxygen atoms in total. The number of likely N-dealkylation sites (tertiary alicyclic amines) is 1. The smallest absolute Gasteiger partial charge is 0.222 e. The molecule has 0 spiro atoms. The van der Waals surface area contributed by atoms with Gasteiger partial charge in [-0.2, -0.15) is 0 Å². The van der Waals surface area contributed by atoms with Crippen molar-refractivity contribution < 1.29 is 4.79 Å². The first-order valence-electron chi connectivity index (χ1n) is 6.15. The molecule has 0 bridgehead atoms. The van der Waals surface area contributed by atoms with Gasteiger partial charge in [-0.1, -0.05) is 13.3 Å². The first kappa shape index (κ1) is 12.8. The summed E-state index contributed by atoms with van der Waals surface area (Å²) < 4.78 is 0. The first-order valence-corrected chi connectivity index (χ1v) is 6.68. The van der Waals surface area contributed by atoms with Crippen LogP contribution in [0.2, 0.25) is 0 Å². The molecule has 0 aromatic carbocycles. The summed E-state index contributed by atoms with van der Waals surface area (Å²) in [6.07, 6.45) is 7.42. The standard InChI is InChI=1S/C12H22ClNO/c1-2-6-11-7-3-4-10-14(11)12(15)8-5-9-13/h11H,2-10H2,1H3. The van der Waals surface area contributed by atoms with E-state index in [0.29, 0.717) is 24.2 Å². The summed E-state index contributed by atoms with van der Waals surface area (Å²) in [6, 6.07) is 0.506. The number of hydrogen-bond acceptors (Lipinski definition) is 1. The van der Waals surface area contributed by atoms with Crippen LogP contribution in [0.3, 0.4) is 0 Å². The topological polar surface area (TPSA) is 20.3 Å². The summed E-state index contributed by atoms with van der Waals surface area (Å²) in [4.78, 5) is 14.0. The van der Waals surface area contributed by atoms with E-state index in [2.05, 4.69) is 11.8 Å². The van der Waals surface area contributed by atoms with Crippen LogP contribution in [0.15, 0.2) is 0 Å². The molecule has 1 unspecified atom stereocenters. The van der Waals surface area contributed by atoms with Gasteiger partial charge >= 0.3 is 0 Å². The number of halogens is 1. The maximum absolute atomic E-state index is 11.9. The largest absolute Gasteiger partial charge is 0.340 e. The molecule has 1 fully saturated rings. The molecular weight excluding hydrogens is 210 g/mol. The Hall–Kier alpha value is -0.240. The molecule has 1 amide bonds. The Labute approximate surface area is 98.0 Å². The van der Waals surface area contributed by atoms with Crippen LogP contribution in [0.5, 0.6) is 0 Å². The predicted molar refractivity (Wildman–Crippen MR) is 64.2 cm³/mol. The number of hydrogen-bond donors (Lipinski definition) is 0. The zero-order valence-corrected chi connectivity index (χ0v) is 10.4. The molecule has 0 aromatic rings. The molecule has 15 heavy (non-hydrogen) atoms. The van der Waals surface area contributed by atoms with E-state index in [-0.39, 0.29) is 0 Å². The zero-order valence-electron chi connectivity index (χ0n) is 9.67. The summed E-state index contributed by atoms with van der Waals surface area (Å²) in [7, 11) is 0. The number of carbonyl (C=O) groups is 1. The molecule has 0 aliphatic carbocycles. The fourth-order valence-electron chi connectivity index (χ4n) is 2.32. The average molecular weight is 232 g/mol. The van der Waals surface area contributed by atoms with Crippen LogP contribution in [0, 0.1) is 0 Å². The lowest BCUT2D eigenvalue weighted by Crippen LogP contribution is -2.43. The molecule has 1 saturated heterocycles. The van der Waals surface area contributed by atoms with E-state index in [1.165, 1.54) is 25.7 Å². The molecule has 0 radical (unpaired) electrons. The molecule has 0 aromatic heterocycles. The van der Waals surface area contributed by atoms with Crippen molar-refractivity contribution in [2.45, 2.75) is 57.9 Å². The molecule has 0 saturated carbocycles. The average Bonchev–Trinajstić information content (AvgIpc) is 2.27. The minimum atomic E-state index is 0.314. The Morgan fingerprint density at radius 1 is 1.47 bits per heavy atom. The lowest BCUT2D eigenvalue weighted by Gasteiger charge is -2.36. The zero-order chi connectivity index (χ0) is 11.1. The van der Waals surface area contributed by atoms with Crippen LogP contribution in [0.4, 0.5) is 0 Å². The monoisotopic (exact) mass is 231 g/mol. The first-order chi connectivity index (χ1) is 7.29. The summed E-state index contributed by atoms with van der Waals surface area (Å²) >= 11 is 5.61. The molecule has 1 aliphatic rings. The molecular formula is C12H22ClNO. The third kappa shape index (κ3) is 4.02. The van der Waals surface area contributed by atoms with Gasteiger partial charge in [0.1, 0.15) is 0 Å². The van der Waals surface area contributed by atoms with E-state index in [0.717, 1.165) is 19.4 Å². The molecule has 88 valence electrons. The van der Waals surface area contributed by atoms with Crippen LogP contribution < -0.4 is 0 Å². The Kier molecular flexibility index (Phi) is 6.07. The Morgan fingerprint density at radius 2 is 2.27 bits per heavy atom. The van der Waals surface area contributed by atoms with Gasteiger partial charge in [0, 0.05) is 24.9 Å². The Balaban J connectivity index is 2.43. The quantitative estimate of drug-likeness (QED) is 0.666. The van der Waals surface area contributed by atoms with Gasteiger partial charge in [-0.15, -0.1) is 11.6 Å². The van der Waals surface area contributed by atoms with E-state index in [4.69, 9.17) is 11.6 Å². The maximum Gasteiger partial charge on any atom is 0.222 e. The van der Waals surface area contributed by atoms with Gasteiger partial charge in [-0.25, -0.2) is 0 Å². The van der Waals surface area contributed by atoms with Crippen molar-refractivity contribution in [3.05, 3.63) is 0 Å². The van der Waals surface area contributed by atoms with Gasteiger partial charge < -0.3 is 4.90 Å². The van der Waals surface area contributed by atoms with Crippen molar-refractivity contribution in [3.8, 4) is 0 Å². The van der Waals surface area contributed by atoms with E-state index >= 15 is 0 Å². The SMILES string of the molecule is CCCC1CCCCN1C(=O)CCCCl. The molecule has 1 aliphatic heterocycles. The van der Waals surface area contributed by atoms with Crippen molar-refractivity contribution in [3.63, 3.8) is 0 Å². The number of alkyl halides is 1. The third-order valence-electron chi connectivity index (χ3n) is 3.09. The van der Waals surface area contributed by atoms with E-state index in [9.17, 15) is 4.79 Å². The van der Waals surface area contributed by atoms with Crippen molar-refractivity contribution in [1.29, 1.82) is 0 Å². The van der Waals surface area contributed by atoms with Crippen LogP contribution in [-0.4, -0.2) is 29.3 Å². The second-order valence-corrected chi connectivity index (χ2v) is 4.70. The number of nitrogens with zero attached hydrogens (tertiary/aromatic N) is 1. The van der Waals surface area contributed by atoms with Gasteiger partial charge in [-0.3, -0.25) is 4.79 Å². The maximum atomic E-state index is 11.9. The molecule has 1 heterocycles. The fraction of sp³-hybridized carbons (Fsp3) is 0.917. The molecule has 0 N–H and O–H groups in total. The number of amides is 1. The van der Waals surface area contributed by atoms with Gasteiger partial charge in [-0.05, 0) is 32.1 Å². The minimum Gasteiger partial charge on any atom is -0.340 e. The third-order valence-corrected chi connectivity index (χ3v) is 3.36. The Morgan fingerprint density at radius 3 is 2.93 bits per heavy atom. The van der Waals surface area contributed by atoms with Gasteiger partial charge in [0.15, 0.2) is 0 Å². The van der Waals surface area contributed by atoms with E-state index in [1.54, 1.807) is 0 Å². The van der Waals surface area contributed by atoms with Crippen LogP contribution >= 0.6 is 11.6 Å². The second kappa shape index (κ2) is 7.10. The number of rotatable bonds is 5. The number of piperidine rings is 1. The normalized spacial score (nSPS) is 21.7. The number of carbonyl (C=O) groups excluding carboxylic acids is 1.